The van der Waals surface area contributed by atoms with Crippen LogP contribution in [0.2, 0.25) is 0 Å². The molecule has 6 N–H and O–H groups in total. The maximum atomic E-state index is 11.7. The number of nitrogens with one attached hydrogen (secondary N) is 1. The smallest absolute Gasteiger partial charge is 0.326 e. The van der Waals surface area contributed by atoms with E-state index in [9.17, 15) is 14.4 Å². The summed E-state index contributed by atoms with van der Waals surface area (Å²) in [6.07, 6.45) is 2.59. The minimum atomic E-state index is -1.27. The van der Waals surface area contributed by atoms with E-state index in [2.05, 4.69) is 5.32 Å². The molecule has 0 saturated heterocycles. The Hall–Kier alpha value is -1.63. The number of carboxylic acids is 1. The summed E-state index contributed by atoms with van der Waals surface area (Å²) in [5.74, 6) is -2.42. The highest BCUT2D eigenvalue weighted by molar-refractivity contribution is 5.88. The number of amides is 2. The van der Waals surface area contributed by atoms with Gasteiger partial charge in [-0.25, -0.2) is 4.79 Å². The second-order valence-electron chi connectivity index (χ2n) is 4.86. The highest BCUT2D eigenvalue weighted by atomic mass is 16.4. The van der Waals surface area contributed by atoms with Crippen molar-refractivity contribution in [1.82, 2.24) is 5.32 Å². The molecule has 0 heterocycles. The number of nitrogens with two attached hydrogens (primary N) is 2. The molecule has 0 aromatic heterocycles. The molecule has 0 bridgehead atoms. The Morgan fingerprint density at radius 1 is 1.33 bits per heavy atom. The average Bonchev–Trinajstić information content (AvgIpc) is 2.21. The van der Waals surface area contributed by atoms with E-state index in [1.807, 2.05) is 0 Å². The second kappa shape index (κ2) is 5.81. The maximum absolute atomic E-state index is 11.7. The normalized spacial score (nSPS) is 18.5. The molecule has 0 aromatic carbocycles. The molecule has 1 rings (SSSR count). The lowest BCUT2D eigenvalue weighted by Gasteiger charge is -2.40. The minimum absolute atomic E-state index is 0.195. The first kappa shape index (κ1) is 14.4. The van der Waals surface area contributed by atoms with Crippen LogP contribution in [0.25, 0.3) is 0 Å². The van der Waals surface area contributed by atoms with E-state index in [4.69, 9.17) is 16.6 Å². The van der Waals surface area contributed by atoms with Gasteiger partial charge in [-0.15, -0.1) is 0 Å². The molecule has 7 heteroatoms. The topological polar surface area (TPSA) is 136 Å². The number of rotatable bonds is 7. The van der Waals surface area contributed by atoms with Gasteiger partial charge in [0, 0.05) is 6.42 Å². The van der Waals surface area contributed by atoms with E-state index in [1.165, 1.54) is 0 Å². The van der Waals surface area contributed by atoms with Crippen LogP contribution in [0, 0.1) is 5.41 Å². The third-order valence-electron chi connectivity index (χ3n) is 3.42. The van der Waals surface area contributed by atoms with E-state index in [0.717, 1.165) is 19.3 Å². The van der Waals surface area contributed by atoms with Crippen molar-refractivity contribution >= 4 is 17.8 Å². The number of carboxylic acid groups (broad SMARTS) is 1. The lowest BCUT2D eigenvalue weighted by atomic mass is 9.66. The monoisotopic (exact) mass is 257 g/mol. The number of aliphatic carboxylic acids is 1. The number of hydrogen-bond acceptors (Lipinski definition) is 4. The van der Waals surface area contributed by atoms with Gasteiger partial charge < -0.3 is 21.9 Å². The molecule has 0 aromatic rings. The van der Waals surface area contributed by atoms with Crippen LogP contribution in [-0.4, -0.2) is 35.5 Å². The number of carbonyl (C=O) groups is 3. The summed E-state index contributed by atoms with van der Waals surface area (Å²) in [5, 5.41) is 11.2. The predicted molar refractivity (Wildman–Crippen MR) is 63.3 cm³/mol. The lowest BCUT2D eigenvalue weighted by Crippen LogP contribution is -2.47. The fourth-order valence-electron chi connectivity index (χ4n) is 2.12. The van der Waals surface area contributed by atoms with Gasteiger partial charge in [-0.2, -0.15) is 0 Å². The van der Waals surface area contributed by atoms with Crippen molar-refractivity contribution in [3.05, 3.63) is 0 Å². The molecule has 7 nitrogen and oxygen atoms in total. The Balaban J connectivity index is 2.50. The molecule has 102 valence electrons. The van der Waals surface area contributed by atoms with Gasteiger partial charge in [0.2, 0.25) is 11.8 Å². The quantitative estimate of drug-likeness (QED) is 0.461. The summed E-state index contributed by atoms with van der Waals surface area (Å²) in [6.45, 7) is 0.411. The van der Waals surface area contributed by atoms with Gasteiger partial charge in [0.15, 0.2) is 0 Å². The Morgan fingerprint density at radius 3 is 2.28 bits per heavy atom. The van der Waals surface area contributed by atoms with Crippen LogP contribution >= 0.6 is 0 Å². The van der Waals surface area contributed by atoms with Gasteiger partial charge in [-0.3, -0.25) is 9.59 Å². The Kier molecular flexibility index (Phi) is 4.66. The number of hydrogen-bond donors (Lipinski definition) is 4. The molecule has 2 amide bonds. The molecule has 0 unspecified atom stereocenters. The zero-order chi connectivity index (χ0) is 13.8. The van der Waals surface area contributed by atoms with E-state index in [-0.39, 0.29) is 11.8 Å². The van der Waals surface area contributed by atoms with Gasteiger partial charge in [0.25, 0.3) is 0 Å². The summed E-state index contributed by atoms with van der Waals surface area (Å²) in [4.78, 5) is 33.3. The van der Waals surface area contributed by atoms with Gasteiger partial charge in [-0.1, -0.05) is 6.42 Å². The third kappa shape index (κ3) is 3.69. The first-order valence-corrected chi connectivity index (χ1v) is 5.89. The van der Waals surface area contributed by atoms with Gasteiger partial charge in [-0.05, 0) is 24.8 Å². The number of carbonyl (C=O) groups excluding carboxylic acids is 2. The van der Waals surface area contributed by atoms with E-state index < -0.39 is 30.2 Å². The second-order valence-corrected chi connectivity index (χ2v) is 4.86. The Labute approximate surface area is 105 Å². The molecule has 1 aliphatic rings. The molecule has 0 aliphatic heterocycles. The minimum Gasteiger partial charge on any atom is -0.480 e. The van der Waals surface area contributed by atoms with Crippen molar-refractivity contribution in [3.63, 3.8) is 0 Å². The SMILES string of the molecule is NCC1(CC(=O)N[C@H](CC(N)=O)C(=O)O)CCC1. The van der Waals surface area contributed by atoms with Crippen molar-refractivity contribution in [1.29, 1.82) is 0 Å². The van der Waals surface area contributed by atoms with Crippen LogP contribution in [0.4, 0.5) is 0 Å². The first-order chi connectivity index (χ1) is 8.38. The van der Waals surface area contributed by atoms with E-state index in [0.29, 0.717) is 6.54 Å². The highest BCUT2D eigenvalue weighted by Gasteiger charge is 2.38. The van der Waals surface area contributed by atoms with Gasteiger partial charge in [0.05, 0.1) is 6.42 Å². The van der Waals surface area contributed by atoms with Crippen LogP contribution in [-0.2, 0) is 14.4 Å². The van der Waals surface area contributed by atoms with Crippen molar-refractivity contribution in [3.8, 4) is 0 Å². The summed E-state index contributed by atoms with van der Waals surface area (Å²) in [5.41, 5.74) is 10.3. The molecule has 1 atom stereocenters. The average molecular weight is 257 g/mol. The summed E-state index contributed by atoms with van der Waals surface area (Å²) in [7, 11) is 0. The highest BCUT2D eigenvalue weighted by Crippen LogP contribution is 2.42. The molecule has 0 radical (unpaired) electrons. The van der Waals surface area contributed by atoms with Crippen molar-refractivity contribution in [2.24, 2.45) is 16.9 Å². The summed E-state index contributed by atoms with van der Waals surface area (Å²) in [6, 6.07) is -1.26. The number of primary amides is 1. The molecular formula is C11H19N3O4. The largest absolute Gasteiger partial charge is 0.480 e. The van der Waals surface area contributed by atoms with Crippen molar-refractivity contribution < 1.29 is 19.5 Å². The van der Waals surface area contributed by atoms with Gasteiger partial charge >= 0.3 is 5.97 Å². The molecule has 1 fully saturated rings. The maximum Gasteiger partial charge on any atom is 0.326 e. The molecule has 1 aliphatic carbocycles. The summed E-state index contributed by atoms with van der Waals surface area (Å²) >= 11 is 0. The first-order valence-electron chi connectivity index (χ1n) is 5.89. The zero-order valence-corrected chi connectivity index (χ0v) is 10.1. The fourth-order valence-corrected chi connectivity index (χ4v) is 2.12. The fraction of sp³-hybridized carbons (Fsp3) is 0.727. The predicted octanol–water partition coefficient (Wildman–Crippen LogP) is -1.05. The van der Waals surface area contributed by atoms with Crippen LogP contribution in [0.15, 0.2) is 0 Å². The molecule has 1 saturated carbocycles. The molecular weight excluding hydrogens is 238 g/mol. The summed E-state index contributed by atoms with van der Waals surface area (Å²) < 4.78 is 0. The molecule has 0 spiro atoms. The van der Waals surface area contributed by atoms with Gasteiger partial charge in [0.1, 0.15) is 6.04 Å². The standard InChI is InChI=1S/C11H19N3O4/c12-6-11(2-1-3-11)5-9(16)14-7(10(17)18)4-8(13)15/h7H,1-6,12H2,(H2,13,15)(H,14,16)(H,17,18)/t7-/m1/s1. The Bertz CT molecular complexity index is 347. The van der Waals surface area contributed by atoms with E-state index in [1.54, 1.807) is 0 Å². The third-order valence-corrected chi connectivity index (χ3v) is 3.42. The van der Waals surface area contributed by atoms with Crippen LogP contribution < -0.4 is 16.8 Å². The van der Waals surface area contributed by atoms with E-state index >= 15 is 0 Å². The van der Waals surface area contributed by atoms with Crippen molar-refractivity contribution in [2.45, 2.75) is 38.1 Å². The zero-order valence-electron chi connectivity index (χ0n) is 10.1. The van der Waals surface area contributed by atoms with Crippen LogP contribution in [0.3, 0.4) is 0 Å². The molecule has 18 heavy (non-hydrogen) atoms. The van der Waals surface area contributed by atoms with Crippen molar-refractivity contribution in [2.75, 3.05) is 6.54 Å². The Morgan fingerprint density at radius 2 is 1.94 bits per heavy atom. The lowest BCUT2D eigenvalue weighted by molar-refractivity contribution is -0.143. The van der Waals surface area contributed by atoms with Crippen LogP contribution in [0.1, 0.15) is 32.1 Å². The van der Waals surface area contributed by atoms with Crippen LogP contribution in [0.5, 0.6) is 0 Å².